The zero-order valence-corrected chi connectivity index (χ0v) is 45.3. The lowest BCUT2D eigenvalue weighted by molar-refractivity contribution is -0.870. The zero-order chi connectivity index (χ0) is 49.4. The number of phosphoric acid groups is 1. The molecule has 390 valence electrons. The number of esters is 1. The summed E-state index contributed by atoms with van der Waals surface area (Å²) in [4.78, 5) is 37.5. The maximum absolute atomic E-state index is 13.5. The molecule has 0 aliphatic heterocycles. The van der Waals surface area contributed by atoms with Gasteiger partial charge in [0.1, 0.15) is 19.3 Å². The number of allylic oxidation sites excluding steroid dienone is 9. The van der Waals surface area contributed by atoms with E-state index in [1.807, 2.05) is 33.3 Å². The highest BCUT2D eigenvalue weighted by molar-refractivity contribution is 7.47. The summed E-state index contributed by atoms with van der Waals surface area (Å²) in [6, 6.07) is -0.858. The van der Waals surface area contributed by atoms with Crippen molar-refractivity contribution in [2.45, 2.75) is 251 Å². The average Bonchev–Trinajstić information content (AvgIpc) is 3.28. The zero-order valence-electron chi connectivity index (χ0n) is 44.4. The van der Waals surface area contributed by atoms with E-state index in [0.717, 1.165) is 89.9 Å². The number of amides is 1. The van der Waals surface area contributed by atoms with Crippen molar-refractivity contribution in [1.82, 2.24) is 5.32 Å². The van der Waals surface area contributed by atoms with Crippen molar-refractivity contribution >= 4 is 19.7 Å². The molecule has 10 heteroatoms. The Balaban J connectivity index is 5.43. The lowest BCUT2D eigenvalue weighted by atomic mass is 10.0. The molecule has 0 aromatic rings. The summed E-state index contributed by atoms with van der Waals surface area (Å²) in [7, 11) is 1.48. The number of quaternary nitrogens is 1. The Morgan fingerprint density at radius 3 is 1.48 bits per heavy atom. The summed E-state index contributed by atoms with van der Waals surface area (Å²) in [5, 5.41) is 3.04. The van der Waals surface area contributed by atoms with E-state index in [-0.39, 0.29) is 31.5 Å². The first kappa shape index (κ1) is 64.7. The van der Waals surface area contributed by atoms with E-state index < -0.39 is 20.0 Å². The van der Waals surface area contributed by atoms with E-state index in [1.54, 1.807) is 0 Å². The quantitative estimate of drug-likeness (QED) is 0.0156. The Bertz CT molecular complexity index is 1340. The third kappa shape index (κ3) is 48.5. The van der Waals surface area contributed by atoms with Crippen molar-refractivity contribution in [3.8, 4) is 0 Å². The number of carbonyl (C=O) groups excluding carboxylic acids is 2. The number of ether oxygens (including phenoxy) is 1. The Kier molecular flexibility index (Phi) is 45.8. The average molecular weight is 962 g/mol. The summed E-state index contributed by atoms with van der Waals surface area (Å²) in [5.74, 6) is -0.534. The molecule has 0 fully saturated rings. The largest absolute Gasteiger partial charge is 0.472 e. The first-order chi connectivity index (χ1) is 32.4. The van der Waals surface area contributed by atoms with E-state index in [1.165, 1.54) is 109 Å². The third-order valence-electron chi connectivity index (χ3n) is 12.0. The molecule has 0 saturated heterocycles. The number of phosphoric ester groups is 1. The molecule has 0 rings (SSSR count). The summed E-state index contributed by atoms with van der Waals surface area (Å²) < 4.78 is 30.5. The molecule has 1 amide bonds. The molecule has 0 aromatic carbocycles. The first-order valence-electron chi connectivity index (χ1n) is 27.6. The van der Waals surface area contributed by atoms with Gasteiger partial charge in [0.25, 0.3) is 0 Å². The number of likely N-dealkylation sites (N-methyl/N-ethyl adjacent to an activating group) is 1. The molecule has 2 N–H and O–H groups in total. The van der Waals surface area contributed by atoms with Gasteiger partial charge >= 0.3 is 13.8 Å². The van der Waals surface area contributed by atoms with Crippen LogP contribution in [0, 0.1) is 0 Å². The van der Waals surface area contributed by atoms with E-state index in [4.69, 9.17) is 13.8 Å². The number of nitrogens with zero attached hydrogens (tertiary/aromatic N) is 1. The van der Waals surface area contributed by atoms with Gasteiger partial charge in [0.2, 0.25) is 5.91 Å². The molecule has 67 heavy (non-hydrogen) atoms. The van der Waals surface area contributed by atoms with Crippen molar-refractivity contribution in [1.29, 1.82) is 0 Å². The van der Waals surface area contributed by atoms with Crippen molar-refractivity contribution in [3.63, 3.8) is 0 Å². The fourth-order valence-electron chi connectivity index (χ4n) is 7.70. The maximum atomic E-state index is 13.5. The van der Waals surface area contributed by atoms with Crippen LogP contribution < -0.4 is 5.32 Å². The third-order valence-corrected chi connectivity index (χ3v) is 13.0. The van der Waals surface area contributed by atoms with Gasteiger partial charge in [0.05, 0.1) is 33.8 Å². The van der Waals surface area contributed by atoms with Crippen LogP contribution in [0.15, 0.2) is 60.8 Å². The van der Waals surface area contributed by atoms with Gasteiger partial charge in [-0.25, -0.2) is 4.57 Å². The van der Waals surface area contributed by atoms with Crippen LogP contribution in [0.3, 0.4) is 0 Å². The molecule has 0 aliphatic carbocycles. The molecule has 0 aromatic heterocycles. The molecule has 0 heterocycles. The van der Waals surface area contributed by atoms with Crippen molar-refractivity contribution in [2.24, 2.45) is 0 Å². The monoisotopic (exact) mass is 962 g/mol. The summed E-state index contributed by atoms with van der Waals surface area (Å²) in [6.45, 7) is 6.84. The Morgan fingerprint density at radius 2 is 0.970 bits per heavy atom. The lowest BCUT2D eigenvalue weighted by Crippen LogP contribution is -2.47. The second-order valence-corrected chi connectivity index (χ2v) is 21.2. The summed E-state index contributed by atoms with van der Waals surface area (Å²) >= 11 is 0. The lowest BCUT2D eigenvalue weighted by Gasteiger charge is -2.27. The van der Waals surface area contributed by atoms with Crippen LogP contribution in [0.25, 0.3) is 0 Å². The fourth-order valence-corrected chi connectivity index (χ4v) is 8.43. The van der Waals surface area contributed by atoms with Gasteiger partial charge in [-0.1, -0.05) is 210 Å². The predicted octanol–water partition coefficient (Wildman–Crippen LogP) is 16.3. The van der Waals surface area contributed by atoms with Gasteiger partial charge in [0, 0.05) is 12.8 Å². The smallest absolute Gasteiger partial charge is 0.456 e. The van der Waals surface area contributed by atoms with Crippen LogP contribution in [-0.2, 0) is 27.9 Å². The minimum absolute atomic E-state index is 0.0345. The van der Waals surface area contributed by atoms with E-state index in [9.17, 15) is 19.0 Å². The highest BCUT2D eigenvalue weighted by atomic mass is 31.2. The Labute approximate surface area is 413 Å². The van der Waals surface area contributed by atoms with Crippen molar-refractivity contribution < 1.29 is 37.3 Å². The Hall–Kier alpha value is -2.29. The molecular weight excluding hydrogens is 856 g/mol. The topological polar surface area (TPSA) is 111 Å². The molecule has 0 aliphatic rings. The second-order valence-electron chi connectivity index (χ2n) is 19.8. The summed E-state index contributed by atoms with van der Waals surface area (Å²) in [5.41, 5.74) is 0. The number of carbonyl (C=O) groups is 2. The van der Waals surface area contributed by atoms with Crippen LogP contribution >= 0.6 is 7.82 Å². The number of rotatable bonds is 49. The number of hydrogen-bond donors (Lipinski definition) is 2. The van der Waals surface area contributed by atoms with Gasteiger partial charge in [-0.05, 0) is 76.7 Å². The minimum atomic E-state index is -4.45. The normalized spacial score (nSPS) is 14.3. The highest BCUT2D eigenvalue weighted by Crippen LogP contribution is 2.43. The van der Waals surface area contributed by atoms with E-state index in [0.29, 0.717) is 23.9 Å². The van der Waals surface area contributed by atoms with Gasteiger partial charge in [-0.3, -0.25) is 18.6 Å². The van der Waals surface area contributed by atoms with Crippen LogP contribution in [0.2, 0.25) is 0 Å². The Morgan fingerprint density at radius 1 is 0.537 bits per heavy atom. The molecule has 0 spiro atoms. The van der Waals surface area contributed by atoms with Crippen LogP contribution in [0.5, 0.6) is 0 Å². The highest BCUT2D eigenvalue weighted by Gasteiger charge is 2.30. The molecule has 0 saturated carbocycles. The second kappa shape index (κ2) is 47.4. The van der Waals surface area contributed by atoms with Gasteiger partial charge in [-0.15, -0.1) is 0 Å². The standard InChI is InChI=1S/C57H105N2O7P/c1-7-10-13-16-19-22-25-28-29-32-34-37-40-43-46-49-56(60)58-54(53-65-67(62,63)64-52-51-59(4,5)6)55(48-45-42-39-36-33-30-26-23-20-17-14-11-8-2)66-57(61)50-47-44-41-38-35-31-27-24-21-18-15-12-9-3/h12,15,18,21-22,24-25,27,45,48,54-55H,7-11,13-14,16-17,19-20,23,26,28-44,46-47,49-53H2,1-6H3,(H-,58,60,62,63)/p+1/b15-12+,21-18+,25-22-,27-24-,48-45+. The van der Waals surface area contributed by atoms with Crippen LogP contribution in [0.4, 0.5) is 0 Å². The maximum Gasteiger partial charge on any atom is 0.472 e. The molecule has 0 radical (unpaired) electrons. The van der Waals surface area contributed by atoms with E-state index >= 15 is 0 Å². The first-order valence-corrected chi connectivity index (χ1v) is 29.1. The van der Waals surface area contributed by atoms with Crippen LogP contribution in [-0.4, -0.2) is 74.3 Å². The predicted molar refractivity (Wildman–Crippen MR) is 286 cm³/mol. The van der Waals surface area contributed by atoms with E-state index in [2.05, 4.69) is 74.7 Å². The number of hydrogen-bond acceptors (Lipinski definition) is 6. The number of unbranched alkanes of at least 4 members (excludes halogenated alkanes) is 27. The number of nitrogens with one attached hydrogen (secondary N) is 1. The SMILES string of the molecule is CC/C=C/C=C/C=C\CCCCCCCC(=O)OC(/C=C/CCCCCCCCCCCCC)C(COP(=O)(O)OCC[N+](C)(C)C)NC(=O)CCCCCCCCC/C=C\CCCCCC. The van der Waals surface area contributed by atoms with Crippen LogP contribution in [0.1, 0.15) is 239 Å². The molecule has 3 atom stereocenters. The summed E-state index contributed by atoms with van der Waals surface area (Å²) in [6.07, 6.45) is 57.8. The minimum Gasteiger partial charge on any atom is -0.456 e. The van der Waals surface area contributed by atoms with Gasteiger partial charge in [0.15, 0.2) is 0 Å². The molecule has 9 nitrogen and oxygen atoms in total. The molecular formula is C57H106N2O7P+. The van der Waals surface area contributed by atoms with Crippen molar-refractivity contribution in [2.75, 3.05) is 40.9 Å². The fraction of sp³-hybridized carbons (Fsp3) is 0.789. The molecule has 3 unspecified atom stereocenters. The molecule has 0 bridgehead atoms. The van der Waals surface area contributed by atoms with Gasteiger partial charge < -0.3 is 19.4 Å². The van der Waals surface area contributed by atoms with Crippen molar-refractivity contribution in [3.05, 3.63) is 60.8 Å². The van der Waals surface area contributed by atoms with Gasteiger partial charge in [-0.2, -0.15) is 0 Å².